The molecule has 1 heterocycles. The van der Waals surface area contributed by atoms with Gasteiger partial charge in [-0.25, -0.2) is 9.97 Å². The van der Waals surface area contributed by atoms with Crippen LogP contribution in [0.1, 0.15) is 11.4 Å². The first-order chi connectivity index (χ1) is 11.8. The number of nitrogens with zero attached hydrogens (tertiary/aromatic N) is 3. The summed E-state index contributed by atoms with van der Waals surface area (Å²) in [4.78, 5) is 8.84. The minimum absolute atomic E-state index is 0.646. The van der Waals surface area contributed by atoms with Gasteiger partial charge in [0, 0.05) is 17.2 Å². The Labute approximate surface area is 141 Å². The zero-order chi connectivity index (χ0) is 16.8. The second-order valence-corrected chi connectivity index (χ2v) is 5.16. The molecule has 3 aromatic rings. The molecule has 0 amide bonds. The molecule has 5 heteroatoms. The summed E-state index contributed by atoms with van der Waals surface area (Å²) in [5.74, 6) is 2.10. The Morgan fingerprint density at radius 3 is 2.54 bits per heavy atom. The molecule has 1 N–H and O–H groups in total. The summed E-state index contributed by atoms with van der Waals surface area (Å²) in [5, 5.41) is 4.25. The zero-order valence-corrected chi connectivity index (χ0v) is 13.6. The zero-order valence-electron chi connectivity index (χ0n) is 13.6. The minimum atomic E-state index is 0.646. The number of anilines is 1. The lowest BCUT2D eigenvalue weighted by molar-refractivity contribution is 0.414. The van der Waals surface area contributed by atoms with E-state index >= 15 is 0 Å². The molecule has 5 nitrogen and oxygen atoms in total. The number of hydrazone groups is 1. The summed E-state index contributed by atoms with van der Waals surface area (Å²) in [6.45, 7) is 1.86. The summed E-state index contributed by atoms with van der Waals surface area (Å²) in [6, 6.07) is 19.5. The molecule has 0 fully saturated rings. The molecule has 120 valence electrons. The van der Waals surface area contributed by atoms with E-state index in [0.717, 1.165) is 22.6 Å². The Kier molecular flexibility index (Phi) is 4.81. The summed E-state index contributed by atoms with van der Waals surface area (Å²) >= 11 is 0. The number of para-hydroxylation sites is 1. The van der Waals surface area contributed by atoms with Gasteiger partial charge in [-0.15, -0.1) is 0 Å². The second-order valence-electron chi connectivity index (χ2n) is 5.16. The van der Waals surface area contributed by atoms with E-state index in [4.69, 9.17) is 4.74 Å². The lowest BCUT2D eigenvalue weighted by atomic mass is 10.1. The Bertz CT molecular complexity index is 847. The maximum atomic E-state index is 5.30. The number of benzene rings is 2. The molecule has 2 aromatic carbocycles. The van der Waals surface area contributed by atoms with Gasteiger partial charge in [0.05, 0.1) is 19.0 Å². The Morgan fingerprint density at radius 2 is 1.75 bits per heavy atom. The highest BCUT2D eigenvalue weighted by Gasteiger charge is 2.04. The van der Waals surface area contributed by atoms with Crippen molar-refractivity contribution >= 4 is 12.0 Å². The fraction of sp³-hybridized carbons (Fsp3) is 0.105. The topological polar surface area (TPSA) is 59.4 Å². The summed E-state index contributed by atoms with van der Waals surface area (Å²) in [6.07, 6.45) is 1.71. The second kappa shape index (κ2) is 7.37. The normalized spacial score (nSPS) is 10.8. The monoisotopic (exact) mass is 318 g/mol. The molecule has 3 rings (SSSR count). The Balaban J connectivity index is 1.81. The van der Waals surface area contributed by atoms with Crippen LogP contribution in [0, 0.1) is 6.92 Å². The van der Waals surface area contributed by atoms with Crippen molar-refractivity contribution < 1.29 is 4.74 Å². The van der Waals surface area contributed by atoms with Gasteiger partial charge in [-0.05, 0) is 19.1 Å². The molecule has 0 unspecified atom stereocenters. The Hall–Kier alpha value is -3.21. The third kappa shape index (κ3) is 3.76. The van der Waals surface area contributed by atoms with Crippen molar-refractivity contribution in [3.8, 4) is 17.0 Å². The van der Waals surface area contributed by atoms with Crippen LogP contribution >= 0.6 is 0 Å². The van der Waals surface area contributed by atoms with Crippen LogP contribution in [-0.4, -0.2) is 23.3 Å². The van der Waals surface area contributed by atoms with Crippen LogP contribution in [0.2, 0.25) is 0 Å². The van der Waals surface area contributed by atoms with Crippen LogP contribution in [-0.2, 0) is 0 Å². The molecule has 0 radical (unpaired) electrons. The fourth-order valence-electron chi connectivity index (χ4n) is 2.32. The van der Waals surface area contributed by atoms with E-state index in [1.54, 1.807) is 13.3 Å². The molecular formula is C19H18N4O. The van der Waals surface area contributed by atoms with E-state index < -0.39 is 0 Å². The molecule has 0 aliphatic heterocycles. The smallest absolute Gasteiger partial charge is 0.150 e. The number of ether oxygens (including phenoxy) is 1. The van der Waals surface area contributed by atoms with Crippen molar-refractivity contribution in [1.82, 2.24) is 9.97 Å². The first kappa shape index (κ1) is 15.7. The number of methoxy groups -OCH3 is 1. The van der Waals surface area contributed by atoms with Crippen molar-refractivity contribution in [2.24, 2.45) is 5.10 Å². The van der Waals surface area contributed by atoms with Gasteiger partial charge < -0.3 is 4.74 Å². The van der Waals surface area contributed by atoms with E-state index in [0.29, 0.717) is 11.6 Å². The fourth-order valence-corrected chi connectivity index (χ4v) is 2.32. The molecule has 0 atom stereocenters. The van der Waals surface area contributed by atoms with Gasteiger partial charge in [0.1, 0.15) is 17.4 Å². The van der Waals surface area contributed by atoms with Gasteiger partial charge in [0.15, 0.2) is 0 Å². The molecule has 0 aliphatic carbocycles. The molecule has 0 spiro atoms. The SMILES string of the molecule is COc1ccccc1/C=N/Nc1cc(-c2ccccc2)nc(C)n1. The molecule has 1 aromatic heterocycles. The van der Waals surface area contributed by atoms with Gasteiger partial charge in [0.2, 0.25) is 0 Å². The van der Waals surface area contributed by atoms with Crippen molar-refractivity contribution in [2.45, 2.75) is 6.92 Å². The maximum Gasteiger partial charge on any atom is 0.150 e. The third-order valence-electron chi connectivity index (χ3n) is 3.43. The van der Waals surface area contributed by atoms with Gasteiger partial charge in [-0.2, -0.15) is 5.10 Å². The van der Waals surface area contributed by atoms with Gasteiger partial charge in [-0.1, -0.05) is 42.5 Å². The van der Waals surface area contributed by atoms with Crippen LogP contribution in [0.4, 0.5) is 5.82 Å². The third-order valence-corrected chi connectivity index (χ3v) is 3.43. The van der Waals surface area contributed by atoms with E-state index in [1.165, 1.54) is 0 Å². The molecule has 24 heavy (non-hydrogen) atoms. The summed E-state index contributed by atoms with van der Waals surface area (Å²) in [5.41, 5.74) is 5.75. The first-order valence-electron chi connectivity index (χ1n) is 7.59. The minimum Gasteiger partial charge on any atom is -0.496 e. The van der Waals surface area contributed by atoms with Crippen LogP contribution in [0.15, 0.2) is 65.8 Å². The van der Waals surface area contributed by atoms with Gasteiger partial charge in [0.25, 0.3) is 0 Å². The highest BCUT2D eigenvalue weighted by atomic mass is 16.5. The maximum absolute atomic E-state index is 5.30. The molecular weight excluding hydrogens is 300 g/mol. The highest BCUT2D eigenvalue weighted by molar-refractivity contribution is 5.83. The summed E-state index contributed by atoms with van der Waals surface area (Å²) < 4.78 is 5.30. The molecule has 0 saturated heterocycles. The number of hydrogen-bond acceptors (Lipinski definition) is 5. The average molecular weight is 318 g/mol. The van der Waals surface area contributed by atoms with Crippen LogP contribution in [0.25, 0.3) is 11.3 Å². The standard InChI is InChI=1S/C19H18N4O/c1-14-21-17(15-8-4-3-5-9-15)12-19(22-14)23-20-13-16-10-6-7-11-18(16)24-2/h3-13H,1-2H3,(H,21,22,23)/b20-13+. The lowest BCUT2D eigenvalue weighted by Gasteiger charge is -2.06. The van der Waals surface area contributed by atoms with E-state index in [9.17, 15) is 0 Å². The average Bonchev–Trinajstić information content (AvgIpc) is 2.62. The highest BCUT2D eigenvalue weighted by Crippen LogP contribution is 2.19. The predicted octanol–water partition coefficient (Wildman–Crippen LogP) is 3.91. The van der Waals surface area contributed by atoms with Crippen LogP contribution < -0.4 is 10.2 Å². The molecule has 0 bridgehead atoms. The van der Waals surface area contributed by atoms with Crippen LogP contribution in [0.3, 0.4) is 0 Å². The quantitative estimate of drug-likeness (QED) is 0.572. The van der Waals surface area contributed by atoms with Crippen LogP contribution in [0.5, 0.6) is 5.75 Å². The molecule has 0 saturated carbocycles. The van der Waals surface area contributed by atoms with Crippen molar-refractivity contribution in [3.05, 3.63) is 72.1 Å². The number of aryl methyl sites for hydroxylation is 1. The van der Waals surface area contributed by atoms with Crippen molar-refractivity contribution in [1.29, 1.82) is 0 Å². The van der Waals surface area contributed by atoms with Gasteiger partial charge >= 0.3 is 0 Å². The largest absolute Gasteiger partial charge is 0.496 e. The number of rotatable bonds is 5. The van der Waals surface area contributed by atoms with E-state index in [-0.39, 0.29) is 0 Å². The molecule has 0 aliphatic rings. The number of hydrogen-bond donors (Lipinski definition) is 1. The summed E-state index contributed by atoms with van der Waals surface area (Å²) in [7, 11) is 1.64. The number of aromatic nitrogens is 2. The predicted molar refractivity (Wildman–Crippen MR) is 96.4 cm³/mol. The van der Waals surface area contributed by atoms with Crippen molar-refractivity contribution in [2.75, 3.05) is 12.5 Å². The first-order valence-corrected chi connectivity index (χ1v) is 7.59. The number of nitrogens with one attached hydrogen (secondary N) is 1. The lowest BCUT2D eigenvalue weighted by Crippen LogP contribution is -1.99. The van der Waals surface area contributed by atoms with Crippen molar-refractivity contribution in [3.63, 3.8) is 0 Å². The van der Waals surface area contributed by atoms with E-state index in [2.05, 4.69) is 20.5 Å². The van der Waals surface area contributed by atoms with Gasteiger partial charge in [-0.3, -0.25) is 5.43 Å². The Morgan fingerprint density at radius 1 is 1.00 bits per heavy atom. The van der Waals surface area contributed by atoms with E-state index in [1.807, 2.05) is 67.6 Å².